The smallest absolute Gasteiger partial charge is 0.315 e. The van der Waals surface area contributed by atoms with Crippen LogP contribution in [-0.4, -0.2) is 48.8 Å². The SMILES string of the molecule is CCCCOc1ncccc1CNC(=O)NCc1ccccc1CN1CCOCC1. The molecule has 1 aliphatic rings. The van der Waals surface area contributed by atoms with E-state index in [4.69, 9.17) is 9.47 Å². The molecule has 0 atom stereocenters. The third-order valence-electron chi connectivity index (χ3n) is 5.08. The van der Waals surface area contributed by atoms with Gasteiger partial charge in [0.1, 0.15) is 0 Å². The number of morpholine rings is 1. The number of pyridine rings is 1. The molecule has 0 bridgehead atoms. The number of aromatic nitrogens is 1. The van der Waals surface area contributed by atoms with Gasteiger partial charge in [0.25, 0.3) is 0 Å². The molecule has 2 aromatic rings. The first-order chi connectivity index (χ1) is 14.8. The predicted molar refractivity (Wildman–Crippen MR) is 116 cm³/mol. The number of ether oxygens (including phenoxy) is 2. The molecule has 2 amide bonds. The van der Waals surface area contributed by atoms with Gasteiger partial charge in [-0.3, -0.25) is 4.90 Å². The summed E-state index contributed by atoms with van der Waals surface area (Å²) in [5.74, 6) is 0.585. The summed E-state index contributed by atoms with van der Waals surface area (Å²) in [5.41, 5.74) is 3.24. The highest BCUT2D eigenvalue weighted by Crippen LogP contribution is 2.15. The first-order valence-corrected chi connectivity index (χ1v) is 10.7. The lowest BCUT2D eigenvalue weighted by atomic mass is 10.1. The van der Waals surface area contributed by atoms with E-state index in [-0.39, 0.29) is 6.03 Å². The maximum atomic E-state index is 12.4. The number of urea groups is 1. The van der Waals surface area contributed by atoms with Crippen LogP contribution in [0.2, 0.25) is 0 Å². The van der Waals surface area contributed by atoms with Gasteiger partial charge in [-0.2, -0.15) is 0 Å². The minimum absolute atomic E-state index is 0.209. The number of benzene rings is 1. The second kappa shape index (κ2) is 12.1. The van der Waals surface area contributed by atoms with Crippen molar-refractivity contribution in [1.29, 1.82) is 0 Å². The summed E-state index contributed by atoms with van der Waals surface area (Å²) < 4.78 is 11.2. The van der Waals surface area contributed by atoms with Crippen molar-refractivity contribution in [2.24, 2.45) is 0 Å². The minimum Gasteiger partial charge on any atom is -0.477 e. The zero-order chi connectivity index (χ0) is 21.0. The Morgan fingerprint density at radius 2 is 1.77 bits per heavy atom. The number of carbonyl (C=O) groups excluding carboxylic acids is 1. The van der Waals surface area contributed by atoms with Gasteiger partial charge < -0.3 is 20.1 Å². The Bertz CT molecular complexity index is 794. The molecule has 3 rings (SSSR count). The van der Waals surface area contributed by atoms with E-state index < -0.39 is 0 Å². The summed E-state index contributed by atoms with van der Waals surface area (Å²) in [5, 5.41) is 5.87. The van der Waals surface area contributed by atoms with Crippen LogP contribution in [0.25, 0.3) is 0 Å². The van der Waals surface area contributed by atoms with Crippen LogP contribution in [0, 0.1) is 0 Å². The zero-order valence-corrected chi connectivity index (χ0v) is 17.7. The van der Waals surface area contributed by atoms with Crippen LogP contribution in [0.3, 0.4) is 0 Å². The summed E-state index contributed by atoms with van der Waals surface area (Å²) in [6.07, 6.45) is 3.75. The first-order valence-electron chi connectivity index (χ1n) is 10.7. The molecule has 1 aromatic carbocycles. The molecule has 2 heterocycles. The minimum atomic E-state index is -0.209. The number of unbranched alkanes of at least 4 members (excludes halogenated alkanes) is 1. The Hall–Kier alpha value is -2.64. The highest BCUT2D eigenvalue weighted by atomic mass is 16.5. The standard InChI is InChI=1S/C23H32N4O3/c1-2-3-13-30-22-20(9-6-10-24-22)17-26-23(28)25-16-19-7-4-5-8-21(19)18-27-11-14-29-15-12-27/h4-10H,2-3,11-18H2,1H3,(H2,25,26,28). The lowest BCUT2D eigenvalue weighted by Crippen LogP contribution is -2.37. The molecule has 0 saturated carbocycles. The number of amides is 2. The molecule has 2 N–H and O–H groups in total. The van der Waals surface area contributed by atoms with Crippen molar-refractivity contribution >= 4 is 6.03 Å². The number of hydrogen-bond donors (Lipinski definition) is 2. The Morgan fingerprint density at radius 1 is 1.07 bits per heavy atom. The van der Waals surface area contributed by atoms with E-state index in [0.717, 1.165) is 56.8 Å². The molecule has 162 valence electrons. The number of hydrogen-bond acceptors (Lipinski definition) is 5. The number of nitrogens with zero attached hydrogens (tertiary/aromatic N) is 2. The molecule has 7 heteroatoms. The molecule has 0 spiro atoms. The van der Waals surface area contributed by atoms with Crippen molar-refractivity contribution in [3.8, 4) is 5.88 Å². The van der Waals surface area contributed by atoms with Crippen molar-refractivity contribution < 1.29 is 14.3 Å². The van der Waals surface area contributed by atoms with Crippen LogP contribution >= 0.6 is 0 Å². The van der Waals surface area contributed by atoms with E-state index in [9.17, 15) is 4.79 Å². The van der Waals surface area contributed by atoms with Crippen LogP contribution in [-0.2, 0) is 24.4 Å². The van der Waals surface area contributed by atoms with Gasteiger partial charge in [0.05, 0.1) is 19.8 Å². The molecular formula is C23H32N4O3. The molecule has 1 fully saturated rings. The molecular weight excluding hydrogens is 380 g/mol. The number of nitrogens with one attached hydrogen (secondary N) is 2. The average molecular weight is 413 g/mol. The molecule has 7 nitrogen and oxygen atoms in total. The Balaban J connectivity index is 1.48. The highest BCUT2D eigenvalue weighted by molar-refractivity contribution is 5.73. The molecule has 1 aliphatic heterocycles. The lowest BCUT2D eigenvalue weighted by molar-refractivity contribution is 0.0341. The molecule has 0 aliphatic carbocycles. The maximum Gasteiger partial charge on any atom is 0.315 e. The topological polar surface area (TPSA) is 75.7 Å². The number of rotatable bonds is 10. The average Bonchev–Trinajstić information content (AvgIpc) is 2.79. The third-order valence-corrected chi connectivity index (χ3v) is 5.08. The van der Waals surface area contributed by atoms with Crippen molar-refractivity contribution in [1.82, 2.24) is 20.5 Å². The van der Waals surface area contributed by atoms with Gasteiger partial charge in [0.2, 0.25) is 5.88 Å². The van der Waals surface area contributed by atoms with Gasteiger partial charge in [-0.05, 0) is 23.6 Å². The quantitative estimate of drug-likeness (QED) is 0.587. The molecule has 30 heavy (non-hydrogen) atoms. The lowest BCUT2D eigenvalue weighted by Gasteiger charge is -2.27. The fourth-order valence-electron chi connectivity index (χ4n) is 3.30. The largest absolute Gasteiger partial charge is 0.477 e. The fraction of sp³-hybridized carbons (Fsp3) is 0.478. The Kier molecular flexibility index (Phi) is 8.93. The van der Waals surface area contributed by atoms with Crippen molar-refractivity contribution in [3.63, 3.8) is 0 Å². The molecule has 0 radical (unpaired) electrons. The summed E-state index contributed by atoms with van der Waals surface area (Å²) in [4.78, 5) is 19.0. The Labute approximate surface area is 178 Å². The number of carbonyl (C=O) groups is 1. The van der Waals surface area contributed by atoms with Gasteiger partial charge in [0, 0.05) is 44.5 Å². The highest BCUT2D eigenvalue weighted by Gasteiger charge is 2.13. The predicted octanol–water partition coefficient (Wildman–Crippen LogP) is 3.09. The van der Waals surface area contributed by atoms with Crippen LogP contribution in [0.4, 0.5) is 4.79 Å². The monoisotopic (exact) mass is 412 g/mol. The van der Waals surface area contributed by atoms with Crippen molar-refractivity contribution in [3.05, 3.63) is 59.3 Å². The zero-order valence-electron chi connectivity index (χ0n) is 17.7. The summed E-state index contributed by atoms with van der Waals surface area (Å²) in [6.45, 7) is 7.92. The Morgan fingerprint density at radius 3 is 2.53 bits per heavy atom. The van der Waals surface area contributed by atoms with Gasteiger partial charge in [-0.15, -0.1) is 0 Å². The van der Waals surface area contributed by atoms with Gasteiger partial charge in [-0.25, -0.2) is 9.78 Å². The molecule has 1 aromatic heterocycles. The van der Waals surface area contributed by atoms with Crippen LogP contribution in [0.5, 0.6) is 5.88 Å². The van der Waals surface area contributed by atoms with Crippen LogP contribution < -0.4 is 15.4 Å². The van der Waals surface area contributed by atoms with Gasteiger partial charge in [-0.1, -0.05) is 43.7 Å². The second-order valence-corrected chi connectivity index (χ2v) is 7.36. The first kappa shape index (κ1) is 22.1. The van der Waals surface area contributed by atoms with Gasteiger partial charge in [0.15, 0.2) is 0 Å². The second-order valence-electron chi connectivity index (χ2n) is 7.36. The fourth-order valence-corrected chi connectivity index (χ4v) is 3.30. The van der Waals surface area contributed by atoms with Crippen molar-refractivity contribution in [2.75, 3.05) is 32.9 Å². The van der Waals surface area contributed by atoms with E-state index in [1.807, 2.05) is 24.3 Å². The van der Waals surface area contributed by atoms with E-state index in [2.05, 4.69) is 39.6 Å². The van der Waals surface area contributed by atoms with E-state index >= 15 is 0 Å². The van der Waals surface area contributed by atoms with E-state index in [0.29, 0.717) is 25.6 Å². The van der Waals surface area contributed by atoms with Crippen LogP contribution in [0.1, 0.15) is 36.5 Å². The van der Waals surface area contributed by atoms with E-state index in [1.165, 1.54) is 5.56 Å². The summed E-state index contributed by atoms with van der Waals surface area (Å²) in [7, 11) is 0. The molecule has 0 unspecified atom stereocenters. The normalized spacial score (nSPS) is 14.3. The van der Waals surface area contributed by atoms with Gasteiger partial charge >= 0.3 is 6.03 Å². The van der Waals surface area contributed by atoms with Crippen LogP contribution in [0.15, 0.2) is 42.6 Å². The molecule has 1 saturated heterocycles. The third kappa shape index (κ3) is 7.00. The van der Waals surface area contributed by atoms with E-state index in [1.54, 1.807) is 6.20 Å². The summed E-state index contributed by atoms with van der Waals surface area (Å²) in [6, 6.07) is 11.8. The maximum absolute atomic E-state index is 12.4. The van der Waals surface area contributed by atoms with Crippen molar-refractivity contribution in [2.45, 2.75) is 39.4 Å². The summed E-state index contributed by atoms with van der Waals surface area (Å²) >= 11 is 0.